The summed E-state index contributed by atoms with van der Waals surface area (Å²) in [6, 6.07) is 12.3. The summed E-state index contributed by atoms with van der Waals surface area (Å²) >= 11 is 12.1. The second-order valence-electron chi connectivity index (χ2n) is 4.56. The summed E-state index contributed by atoms with van der Waals surface area (Å²) in [5.41, 5.74) is 1.95. The van der Waals surface area contributed by atoms with Crippen molar-refractivity contribution < 1.29 is 9.21 Å². The Labute approximate surface area is 125 Å². The summed E-state index contributed by atoms with van der Waals surface area (Å²) in [5.74, 6) is 0.0483. The monoisotopic (exact) mass is 304 g/mol. The number of ketones is 1. The van der Waals surface area contributed by atoms with Crippen molar-refractivity contribution in [1.82, 2.24) is 0 Å². The van der Waals surface area contributed by atoms with Gasteiger partial charge in [-0.3, -0.25) is 4.79 Å². The van der Waals surface area contributed by atoms with Crippen molar-refractivity contribution in [3.8, 4) is 0 Å². The molecule has 1 heterocycles. The normalized spacial score (nSPS) is 10.9. The van der Waals surface area contributed by atoms with E-state index in [4.69, 9.17) is 27.6 Å². The molecule has 2 aromatic carbocycles. The summed E-state index contributed by atoms with van der Waals surface area (Å²) in [6.45, 7) is 1.89. The van der Waals surface area contributed by atoms with Gasteiger partial charge in [-0.25, -0.2) is 0 Å². The topological polar surface area (TPSA) is 30.2 Å². The predicted octanol–water partition coefficient (Wildman–Crippen LogP) is 5.28. The summed E-state index contributed by atoms with van der Waals surface area (Å²) in [5, 5.41) is 1.85. The Hall–Kier alpha value is -1.77. The minimum absolute atomic E-state index is 0.209. The van der Waals surface area contributed by atoms with Gasteiger partial charge in [0.15, 0.2) is 11.3 Å². The fourth-order valence-electron chi connectivity index (χ4n) is 2.02. The van der Waals surface area contributed by atoms with Crippen LogP contribution in [-0.2, 0) is 0 Å². The van der Waals surface area contributed by atoms with E-state index in [2.05, 4.69) is 0 Å². The number of halogens is 2. The summed E-state index contributed by atoms with van der Waals surface area (Å²) in [7, 11) is 0. The van der Waals surface area contributed by atoms with Gasteiger partial charge in [-0.15, -0.1) is 0 Å². The molecular weight excluding hydrogens is 295 g/mol. The van der Waals surface area contributed by atoms with E-state index in [9.17, 15) is 4.79 Å². The Kier molecular flexibility index (Phi) is 3.28. The van der Waals surface area contributed by atoms with Crippen LogP contribution in [-0.4, -0.2) is 5.78 Å². The van der Waals surface area contributed by atoms with Gasteiger partial charge in [0.25, 0.3) is 0 Å². The molecule has 0 unspecified atom stereocenters. The van der Waals surface area contributed by atoms with Gasteiger partial charge in [0, 0.05) is 16.0 Å². The smallest absolute Gasteiger partial charge is 0.228 e. The number of hydrogen-bond acceptors (Lipinski definition) is 2. The van der Waals surface area contributed by atoms with Crippen molar-refractivity contribution in [2.24, 2.45) is 0 Å². The van der Waals surface area contributed by atoms with Gasteiger partial charge in [0.2, 0.25) is 5.78 Å². The van der Waals surface area contributed by atoms with E-state index in [0.29, 0.717) is 21.2 Å². The third kappa shape index (κ3) is 2.21. The molecule has 0 saturated carbocycles. The highest BCUT2D eigenvalue weighted by atomic mass is 35.5. The number of furan rings is 1. The van der Waals surface area contributed by atoms with Gasteiger partial charge >= 0.3 is 0 Å². The number of carbonyl (C=O) groups is 1. The lowest BCUT2D eigenvalue weighted by atomic mass is 10.1. The first-order chi connectivity index (χ1) is 9.56. The SMILES string of the molecule is Cc1ccc(C(=O)c2cc3cccc(Cl)c3o2)cc1Cl. The maximum atomic E-state index is 12.4. The molecule has 4 heteroatoms. The summed E-state index contributed by atoms with van der Waals surface area (Å²) in [6.07, 6.45) is 0. The van der Waals surface area contributed by atoms with E-state index in [1.165, 1.54) is 0 Å². The second kappa shape index (κ2) is 4.97. The zero-order valence-corrected chi connectivity index (χ0v) is 12.1. The Morgan fingerprint density at radius 1 is 1.05 bits per heavy atom. The molecular formula is C16H10Cl2O2. The fraction of sp³-hybridized carbons (Fsp3) is 0.0625. The maximum absolute atomic E-state index is 12.4. The molecule has 0 bridgehead atoms. The zero-order chi connectivity index (χ0) is 14.3. The maximum Gasteiger partial charge on any atom is 0.228 e. The molecule has 0 atom stereocenters. The molecule has 20 heavy (non-hydrogen) atoms. The molecule has 2 nitrogen and oxygen atoms in total. The number of rotatable bonds is 2. The van der Waals surface area contributed by atoms with E-state index in [0.717, 1.165) is 10.9 Å². The van der Waals surface area contributed by atoms with Crippen molar-refractivity contribution in [1.29, 1.82) is 0 Å². The standard InChI is InChI=1S/C16H10Cl2O2/c1-9-5-6-10(7-13(9)18)15(19)14-8-11-3-2-4-12(17)16(11)20-14/h2-8H,1H3. The molecule has 0 amide bonds. The van der Waals surface area contributed by atoms with E-state index in [1.807, 2.05) is 25.1 Å². The van der Waals surface area contributed by atoms with E-state index in [1.54, 1.807) is 24.3 Å². The minimum Gasteiger partial charge on any atom is -0.451 e. The molecule has 3 aromatic rings. The van der Waals surface area contributed by atoms with Crippen LogP contribution in [0.2, 0.25) is 10.0 Å². The highest BCUT2D eigenvalue weighted by Gasteiger charge is 2.16. The van der Waals surface area contributed by atoms with Crippen LogP contribution in [0, 0.1) is 6.92 Å². The highest BCUT2D eigenvalue weighted by molar-refractivity contribution is 6.35. The average Bonchev–Trinajstić information content (AvgIpc) is 2.86. The first-order valence-electron chi connectivity index (χ1n) is 6.05. The first-order valence-corrected chi connectivity index (χ1v) is 6.81. The number of para-hydroxylation sites is 1. The second-order valence-corrected chi connectivity index (χ2v) is 5.38. The minimum atomic E-state index is -0.209. The zero-order valence-electron chi connectivity index (χ0n) is 10.6. The number of aryl methyl sites for hydroxylation is 1. The van der Waals surface area contributed by atoms with Crippen molar-refractivity contribution in [2.75, 3.05) is 0 Å². The molecule has 0 N–H and O–H groups in total. The van der Waals surface area contributed by atoms with E-state index in [-0.39, 0.29) is 11.5 Å². The van der Waals surface area contributed by atoms with Crippen LogP contribution in [0.25, 0.3) is 11.0 Å². The number of carbonyl (C=O) groups excluding carboxylic acids is 1. The van der Waals surface area contributed by atoms with Gasteiger partial charge in [-0.2, -0.15) is 0 Å². The highest BCUT2D eigenvalue weighted by Crippen LogP contribution is 2.28. The fourth-order valence-corrected chi connectivity index (χ4v) is 2.42. The van der Waals surface area contributed by atoms with Crippen LogP contribution in [0.1, 0.15) is 21.7 Å². The van der Waals surface area contributed by atoms with Crippen LogP contribution in [0.15, 0.2) is 46.9 Å². The molecule has 0 fully saturated rings. The van der Waals surface area contributed by atoms with Crippen molar-refractivity contribution in [2.45, 2.75) is 6.92 Å². The lowest BCUT2D eigenvalue weighted by Gasteiger charge is -2.01. The number of fused-ring (bicyclic) bond motifs is 1. The molecule has 0 aliphatic rings. The van der Waals surface area contributed by atoms with Gasteiger partial charge in [0.1, 0.15) is 0 Å². The van der Waals surface area contributed by atoms with Gasteiger partial charge in [-0.1, -0.05) is 47.5 Å². The molecule has 100 valence electrons. The largest absolute Gasteiger partial charge is 0.451 e. The van der Waals surface area contributed by atoms with Crippen molar-refractivity contribution >= 4 is 40.0 Å². The van der Waals surface area contributed by atoms with Crippen LogP contribution < -0.4 is 0 Å². The van der Waals surface area contributed by atoms with Gasteiger partial charge in [-0.05, 0) is 30.7 Å². The average molecular weight is 305 g/mol. The quantitative estimate of drug-likeness (QED) is 0.603. The number of benzene rings is 2. The van der Waals surface area contributed by atoms with Crippen LogP contribution >= 0.6 is 23.2 Å². The Morgan fingerprint density at radius 3 is 2.55 bits per heavy atom. The van der Waals surface area contributed by atoms with Crippen molar-refractivity contribution in [3.63, 3.8) is 0 Å². The summed E-state index contributed by atoms with van der Waals surface area (Å²) in [4.78, 5) is 12.4. The van der Waals surface area contributed by atoms with Crippen molar-refractivity contribution in [3.05, 3.63) is 69.4 Å². The molecule has 3 rings (SSSR count). The third-order valence-corrected chi connectivity index (χ3v) is 3.86. The molecule has 0 saturated heterocycles. The Bertz CT molecular complexity index is 818. The van der Waals surface area contributed by atoms with Crippen LogP contribution in [0.5, 0.6) is 0 Å². The molecule has 0 aliphatic carbocycles. The Balaban J connectivity index is 2.08. The van der Waals surface area contributed by atoms with Gasteiger partial charge < -0.3 is 4.42 Å². The molecule has 1 aromatic heterocycles. The van der Waals surface area contributed by atoms with Crippen LogP contribution in [0.4, 0.5) is 0 Å². The van der Waals surface area contributed by atoms with Crippen LogP contribution in [0.3, 0.4) is 0 Å². The first kappa shape index (κ1) is 13.2. The van der Waals surface area contributed by atoms with E-state index < -0.39 is 0 Å². The number of hydrogen-bond donors (Lipinski definition) is 0. The lowest BCUT2D eigenvalue weighted by molar-refractivity contribution is 0.101. The summed E-state index contributed by atoms with van der Waals surface area (Å²) < 4.78 is 5.56. The molecule has 0 radical (unpaired) electrons. The molecule has 0 aliphatic heterocycles. The Morgan fingerprint density at radius 2 is 1.85 bits per heavy atom. The predicted molar refractivity (Wildman–Crippen MR) is 80.8 cm³/mol. The van der Waals surface area contributed by atoms with Gasteiger partial charge in [0.05, 0.1) is 5.02 Å². The van der Waals surface area contributed by atoms with E-state index >= 15 is 0 Å². The molecule has 0 spiro atoms. The lowest BCUT2D eigenvalue weighted by Crippen LogP contribution is -1.99. The third-order valence-electron chi connectivity index (χ3n) is 3.15.